The number of rotatable bonds is 4. The number of aromatic amines is 2. The van der Waals surface area contributed by atoms with Gasteiger partial charge in [-0.2, -0.15) is 0 Å². The summed E-state index contributed by atoms with van der Waals surface area (Å²) >= 11 is 12.7. The summed E-state index contributed by atoms with van der Waals surface area (Å²) in [4.78, 5) is 5.54. The Morgan fingerprint density at radius 1 is 1.47 bits per heavy atom. The van der Waals surface area contributed by atoms with Crippen LogP contribution in [0.25, 0.3) is 0 Å². The Morgan fingerprint density at radius 2 is 2.18 bits per heavy atom. The fraction of sp³-hybridized carbons (Fsp3) is 0.286. The summed E-state index contributed by atoms with van der Waals surface area (Å²) in [5.41, 5.74) is 0. The SMILES string of the molecule is O=S([O-])CCNC(=S)Nc1cc(=S)[nH]c(=S)[nH]1. The lowest BCUT2D eigenvalue weighted by Crippen LogP contribution is -2.31. The van der Waals surface area contributed by atoms with Crippen molar-refractivity contribution in [3.8, 4) is 0 Å². The summed E-state index contributed by atoms with van der Waals surface area (Å²) in [6.45, 7) is 0.238. The van der Waals surface area contributed by atoms with Gasteiger partial charge in [-0.15, -0.1) is 0 Å². The van der Waals surface area contributed by atoms with Gasteiger partial charge in [0.2, 0.25) is 0 Å². The van der Waals surface area contributed by atoms with Crippen molar-refractivity contribution in [2.75, 3.05) is 17.6 Å². The van der Waals surface area contributed by atoms with E-state index in [0.717, 1.165) is 0 Å². The van der Waals surface area contributed by atoms with Gasteiger partial charge in [0.25, 0.3) is 0 Å². The van der Waals surface area contributed by atoms with Crippen molar-refractivity contribution in [2.45, 2.75) is 0 Å². The standard InChI is InChI=1S/C7H10N4O2S4/c12-17(13)2-1-8-6(15)9-4-3-5(14)11-7(16)10-4/h3H,1-2H2,(H,12,13)(H4,8,9,10,11,14,15,16)/p-1. The molecular formula is C7H9N4O2S4-. The lowest BCUT2D eigenvalue weighted by Gasteiger charge is -2.11. The van der Waals surface area contributed by atoms with Gasteiger partial charge in [0.1, 0.15) is 10.5 Å². The van der Waals surface area contributed by atoms with Crippen LogP contribution in [0.4, 0.5) is 5.82 Å². The molecule has 94 valence electrons. The fourth-order valence-electron chi connectivity index (χ4n) is 0.950. The minimum Gasteiger partial charge on any atom is -0.772 e. The van der Waals surface area contributed by atoms with Crippen LogP contribution in [0.1, 0.15) is 0 Å². The summed E-state index contributed by atoms with van der Waals surface area (Å²) < 4.78 is 21.4. The number of hydrogen-bond acceptors (Lipinski definition) is 5. The summed E-state index contributed by atoms with van der Waals surface area (Å²) in [5.74, 6) is 0.534. The zero-order valence-electron chi connectivity index (χ0n) is 8.44. The normalized spacial score (nSPS) is 11.8. The highest BCUT2D eigenvalue weighted by Crippen LogP contribution is 2.00. The van der Waals surface area contributed by atoms with Crippen LogP contribution in [0.2, 0.25) is 0 Å². The molecule has 0 fully saturated rings. The van der Waals surface area contributed by atoms with Crippen LogP contribution in [0, 0.1) is 9.41 Å². The van der Waals surface area contributed by atoms with Gasteiger partial charge in [0.05, 0.1) is 0 Å². The lowest BCUT2D eigenvalue weighted by atomic mass is 10.6. The number of nitrogens with one attached hydrogen (secondary N) is 4. The molecule has 0 radical (unpaired) electrons. The zero-order valence-corrected chi connectivity index (χ0v) is 11.7. The fourth-order valence-corrected chi connectivity index (χ4v) is 1.94. The molecular weight excluding hydrogens is 300 g/mol. The molecule has 4 N–H and O–H groups in total. The summed E-state index contributed by atoms with van der Waals surface area (Å²) in [6, 6.07) is 1.62. The Labute approximate surface area is 116 Å². The number of H-pyrrole nitrogens is 2. The van der Waals surface area contributed by atoms with E-state index >= 15 is 0 Å². The van der Waals surface area contributed by atoms with Gasteiger partial charge in [0.15, 0.2) is 9.88 Å². The molecule has 0 spiro atoms. The Morgan fingerprint density at radius 3 is 2.76 bits per heavy atom. The van der Waals surface area contributed by atoms with Crippen molar-refractivity contribution >= 4 is 58.7 Å². The highest BCUT2D eigenvalue weighted by Gasteiger charge is 1.97. The van der Waals surface area contributed by atoms with Crippen molar-refractivity contribution in [1.29, 1.82) is 0 Å². The average molecular weight is 309 g/mol. The first kappa shape index (κ1) is 14.4. The molecule has 10 heteroatoms. The smallest absolute Gasteiger partial charge is 0.177 e. The topological polar surface area (TPSA) is 95.8 Å². The van der Waals surface area contributed by atoms with E-state index in [4.69, 9.17) is 36.7 Å². The molecule has 1 unspecified atom stereocenters. The van der Waals surface area contributed by atoms with Crippen LogP contribution in [-0.4, -0.2) is 36.1 Å². The predicted molar refractivity (Wildman–Crippen MR) is 74.8 cm³/mol. The quantitative estimate of drug-likeness (QED) is 0.486. The molecule has 1 rings (SSSR count). The van der Waals surface area contributed by atoms with Crippen LogP contribution in [-0.2, 0) is 11.1 Å². The van der Waals surface area contributed by atoms with E-state index < -0.39 is 11.1 Å². The molecule has 1 heterocycles. The van der Waals surface area contributed by atoms with E-state index in [-0.39, 0.29) is 12.3 Å². The van der Waals surface area contributed by atoms with Crippen molar-refractivity contribution < 1.29 is 8.76 Å². The van der Waals surface area contributed by atoms with Gasteiger partial charge in [-0.1, -0.05) is 23.3 Å². The molecule has 6 nitrogen and oxygen atoms in total. The van der Waals surface area contributed by atoms with Gasteiger partial charge in [0, 0.05) is 18.4 Å². The van der Waals surface area contributed by atoms with Gasteiger partial charge < -0.3 is 25.2 Å². The number of anilines is 1. The minimum absolute atomic E-state index is 0.00727. The van der Waals surface area contributed by atoms with E-state index in [2.05, 4.69) is 20.6 Å². The van der Waals surface area contributed by atoms with E-state index in [9.17, 15) is 8.76 Å². The maximum absolute atomic E-state index is 10.3. The molecule has 17 heavy (non-hydrogen) atoms. The summed E-state index contributed by atoms with van der Waals surface area (Å²) in [7, 11) is 0. The van der Waals surface area contributed by atoms with Crippen LogP contribution in [0.3, 0.4) is 0 Å². The van der Waals surface area contributed by atoms with E-state index in [0.29, 0.717) is 20.3 Å². The molecule has 1 atom stereocenters. The van der Waals surface area contributed by atoms with E-state index in [1.165, 1.54) is 0 Å². The van der Waals surface area contributed by atoms with E-state index in [1.54, 1.807) is 6.07 Å². The van der Waals surface area contributed by atoms with Crippen LogP contribution < -0.4 is 10.6 Å². The second-order valence-electron chi connectivity index (χ2n) is 2.89. The second-order valence-corrected chi connectivity index (χ2v) is 5.16. The first-order valence-electron chi connectivity index (χ1n) is 4.42. The molecule has 0 aliphatic rings. The van der Waals surface area contributed by atoms with Gasteiger partial charge in [-0.25, -0.2) is 0 Å². The molecule has 0 amide bonds. The predicted octanol–water partition coefficient (Wildman–Crippen LogP) is 0.967. The van der Waals surface area contributed by atoms with E-state index in [1.807, 2.05) is 0 Å². The van der Waals surface area contributed by atoms with Crippen LogP contribution in [0.5, 0.6) is 0 Å². The third kappa shape index (κ3) is 5.98. The summed E-state index contributed by atoms with van der Waals surface area (Å²) in [5, 5.41) is 5.83. The van der Waals surface area contributed by atoms with Crippen molar-refractivity contribution in [2.24, 2.45) is 0 Å². The number of aromatic nitrogens is 2. The number of thiocarbonyl (C=S) groups is 1. The Kier molecular flexibility index (Phi) is 5.85. The second kappa shape index (κ2) is 6.91. The molecule has 1 aromatic rings. The molecule has 0 saturated heterocycles. The maximum Gasteiger partial charge on any atom is 0.177 e. The lowest BCUT2D eigenvalue weighted by molar-refractivity contribution is 0.536. The highest BCUT2D eigenvalue weighted by atomic mass is 32.2. The molecule has 1 aromatic heterocycles. The third-order valence-corrected chi connectivity index (χ3v) is 2.77. The molecule has 0 aliphatic heterocycles. The van der Waals surface area contributed by atoms with Crippen molar-refractivity contribution in [3.63, 3.8) is 0 Å². The van der Waals surface area contributed by atoms with Crippen LogP contribution in [0.15, 0.2) is 6.07 Å². The van der Waals surface area contributed by atoms with Gasteiger partial charge >= 0.3 is 0 Å². The van der Waals surface area contributed by atoms with Crippen molar-refractivity contribution in [3.05, 3.63) is 15.5 Å². The Balaban J connectivity index is 2.53. The monoisotopic (exact) mass is 309 g/mol. The molecule has 0 aromatic carbocycles. The first-order chi connectivity index (χ1) is 7.97. The minimum atomic E-state index is -2.08. The number of hydrogen-bond donors (Lipinski definition) is 4. The molecule has 0 saturated carbocycles. The maximum atomic E-state index is 10.3. The van der Waals surface area contributed by atoms with Gasteiger partial charge in [-0.05, 0) is 24.4 Å². The average Bonchev–Trinajstić information content (AvgIpc) is 2.14. The first-order valence-corrected chi connectivity index (χ1v) is 6.88. The highest BCUT2D eigenvalue weighted by molar-refractivity contribution is 7.80. The van der Waals surface area contributed by atoms with Gasteiger partial charge in [-0.3, -0.25) is 4.21 Å². The Bertz CT molecular complexity index is 509. The molecule has 0 aliphatic carbocycles. The summed E-state index contributed by atoms with van der Waals surface area (Å²) in [6.07, 6.45) is 0. The third-order valence-electron chi connectivity index (χ3n) is 1.56. The molecule has 0 bridgehead atoms. The largest absolute Gasteiger partial charge is 0.772 e. The Hall–Kier alpha value is -0.680. The van der Waals surface area contributed by atoms with Crippen molar-refractivity contribution in [1.82, 2.24) is 15.3 Å². The van der Waals surface area contributed by atoms with Crippen LogP contribution >= 0.6 is 36.7 Å². The zero-order chi connectivity index (χ0) is 12.8.